The number of rotatable bonds is 7. The Balaban J connectivity index is 1.11. The number of aromatic nitrogens is 5. The Bertz CT molecular complexity index is 1560. The minimum absolute atomic E-state index is 0.131. The normalized spacial score (nSPS) is 17.3. The minimum Gasteiger partial charge on any atom is -0.444 e. The molecule has 1 saturated heterocycles. The molecule has 1 unspecified atom stereocenters. The average molecular weight is 575 g/mol. The average Bonchev–Trinajstić information content (AvgIpc) is 3.55. The molecule has 1 atom stereocenters. The van der Waals surface area contributed by atoms with Crippen LogP contribution in [0.5, 0.6) is 0 Å². The van der Waals surface area contributed by atoms with E-state index in [-0.39, 0.29) is 18.0 Å². The topological polar surface area (TPSA) is 104 Å². The molecule has 0 spiro atoms. The largest absolute Gasteiger partial charge is 0.444 e. The predicted octanol–water partition coefficient (Wildman–Crippen LogP) is 6.12. The van der Waals surface area contributed by atoms with Crippen molar-refractivity contribution in [2.75, 3.05) is 31.5 Å². The number of aromatic amines is 1. The number of piperazine rings is 1. The number of halogens is 1. The lowest BCUT2D eigenvalue weighted by Gasteiger charge is -2.38. The number of ether oxygens (including phenoxy) is 1. The highest BCUT2D eigenvalue weighted by molar-refractivity contribution is 5.84. The van der Waals surface area contributed by atoms with E-state index in [0.717, 1.165) is 30.8 Å². The van der Waals surface area contributed by atoms with Crippen LogP contribution >= 0.6 is 0 Å². The third-order valence-electron chi connectivity index (χ3n) is 8.21. The van der Waals surface area contributed by atoms with E-state index in [1.165, 1.54) is 25.3 Å². The molecular weight excluding hydrogens is 535 g/mol. The van der Waals surface area contributed by atoms with Crippen molar-refractivity contribution in [3.05, 3.63) is 54.2 Å². The van der Waals surface area contributed by atoms with Gasteiger partial charge in [0.05, 0.1) is 17.2 Å². The van der Waals surface area contributed by atoms with E-state index in [1.54, 1.807) is 23.4 Å². The van der Waals surface area contributed by atoms with Crippen LogP contribution in [0.2, 0.25) is 0 Å². The van der Waals surface area contributed by atoms with Crippen molar-refractivity contribution >= 4 is 28.9 Å². The standard InChI is InChI=1S/C31H39FN8O2/c1-20(38-10-12-39(13-11-38)30(41)42-31(2,3)4)22-8-9-33-28(14-22)37-29-35-26-15-24(25(32)16-27(26)36-29)23-17-34-40(19-23)18-21-6-5-7-21/h8-9,14-17,19-21H,5-7,10-13,18H2,1-4H3,(H2,33,35,36,37). The fraction of sp³-hybridized carbons (Fsp3) is 0.484. The van der Waals surface area contributed by atoms with E-state index >= 15 is 4.39 Å². The molecule has 0 bridgehead atoms. The summed E-state index contributed by atoms with van der Waals surface area (Å²) in [7, 11) is 0. The number of amides is 1. The maximum Gasteiger partial charge on any atom is 0.410 e. The van der Waals surface area contributed by atoms with Crippen molar-refractivity contribution in [3.8, 4) is 11.1 Å². The van der Waals surface area contributed by atoms with E-state index in [9.17, 15) is 4.79 Å². The van der Waals surface area contributed by atoms with Crippen molar-refractivity contribution in [3.63, 3.8) is 0 Å². The molecular formula is C31H39FN8O2. The summed E-state index contributed by atoms with van der Waals surface area (Å²) in [5.41, 5.74) is 3.10. The summed E-state index contributed by atoms with van der Waals surface area (Å²) in [5, 5.41) is 7.70. The number of H-pyrrole nitrogens is 1. The van der Waals surface area contributed by atoms with Gasteiger partial charge in [0.25, 0.3) is 0 Å². The SMILES string of the molecule is CC(c1ccnc(Nc2nc3cc(-c4cnn(CC5CCC5)c4)c(F)cc3[nH]2)c1)N1CCN(C(=O)OC(C)(C)C)CC1. The van der Waals surface area contributed by atoms with Crippen molar-refractivity contribution in [2.45, 2.75) is 65.1 Å². The molecule has 2 aliphatic rings. The number of carbonyl (C=O) groups is 1. The van der Waals surface area contributed by atoms with Gasteiger partial charge in [-0.15, -0.1) is 0 Å². The lowest BCUT2D eigenvalue weighted by molar-refractivity contribution is 0.0110. The molecule has 222 valence electrons. The summed E-state index contributed by atoms with van der Waals surface area (Å²) in [6, 6.07) is 7.38. The Hall–Kier alpha value is -3.99. The van der Waals surface area contributed by atoms with Gasteiger partial charge in [0, 0.05) is 68.4 Å². The highest BCUT2D eigenvalue weighted by Gasteiger charge is 2.28. The highest BCUT2D eigenvalue weighted by atomic mass is 19.1. The molecule has 4 aromatic rings. The lowest BCUT2D eigenvalue weighted by atomic mass is 9.85. The van der Waals surface area contributed by atoms with E-state index in [0.29, 0.717) is 47.4 Å². The van der Waals surface area contributed by atoms with Crippen LogP contribution in [0.3, 0.4) is 0 Å². The number of nitrogens with zero attached hydrogens (tertiary/aromatic N) is 6. The van der Waals surface area contributed by atoms with E-state index in [4.69, 9.17) is 4.74 Å². The molecule has 3 aromatic heterocycles. The Morgan fingerprint density at radius 1 is 1.19 bits per heavy atom. The third kappa shape index (κ3) is 6.25. The highest BCUT2D eigenvalue weighted by Crippen LogP contribution is 2.31. The monoisotopic (exact) mass is 574 g/mol. The molecule has 6 rings (SSSR count). The van der Waals surface area contributed by atoms with Crippen molar-refractivity contribution < 1.29 is 13.9 Å². The van der Waals surface area contributed by atoms with Crippen LogP contribution in [0.4, 0.5) is 21.0 Å². The number of carbonyl (C=O) groups excluding carboxylic acids is 1. The predicted molar refractivity (Wildman–Crippen MR) is 160 cm³/mol. The number of pyridine rings is 1. The fourth-order valence-corrected chi connectivity index (χ4v) is 5.58. The summed E-state index contributed by atoms with van der Waals surface area (Å²) in [4.78, 5) is 28.9. The number of hydrogen-bond donors (Lipinski definition) is 2. The van der Waals surface area contributed by atoms with Gasteiger partial charge in [-0.1, -0.05) is 6.42 Å². The van der Waals surface area contributed by atoms with E-state index in [2.05, 4.69) is 37.2 Å². The Labute approximate surface area is 245 Å². The summed E-state index contributed by atoms with van der Waals surface area (Å²) >= 11 is 0. The summed E-state index contributed by atoms with van der Waals surface area (Å²) in [6.45, 7) is 11.4. The second kappa shape index (κ2) is 11.4. The van der Waals surface area contributed by atoms with E-state index < -0.39 is 5.60 Å². The first-order valence-electron chi connectivity index (χ1n) is 14.8. The number of nitrogens with one attached hydrogen (secondary N) is 2. The summed E-state index contributed by atoms with van der Waals surface area (Å²) in [6.07, 6.45) is 8.91. The van der Waals surface area contributed by atoms with Crippen LogP contribution in [0.25, 0.3) is 22.2 Å². The maximum atomic E-state index is 15.1. The van der Waals surface area contributed by atoms with Crippen LogP contribution < -0.4 is 5.32 Å². The van der Waals surface area contributed by atoms with Gasteiger partial charge < -0.3 is 19.9 Å². The van der Waals surface area contributed by atoms with Crippen molar-refractivity contribution in [1.82, 2.24) is 34.5 Å². The second-order valence-corrected chi connectivity index (χ2v) is 12.5. The van der Waals surface area contributed by atoms with Gasteiger partial charge >= 0.3 is 6.09 Å². The van der Waals surface area contributed by atoms with Gasteiger partial charge in [0.2, 0.25) is 5.95 Å². The zero-order chi connectivity index (χ0) is 29.4. The fourth-order valence-electron chi connectivity index (χ4n) is 5.58. The first-order valence-corrected chi connectivity index (χ1v) is 14.8. The molecule has 11 heteroatoms. The summed E-state index contributed by atoms with van der Waals surface area (Å²) in [5.74, 6) is 1.49. The molecule has 0 radical (unpaired) electrons. The van der Waals surface area contributed by atoms with Crippen molar-refractivity contribution in [1.29, 1.82) is 0 Å². The Morgan fingerprint density at radius 3 is 2.69 bits per heavy atom. The molecule has 1 aromatic carbocycles. The van der Waals surface area contributed by atoms with Crippen LogP contribution in [0, 0.1) is 11.7 Å². The quantitative estimate of drug-likeness (QED) is 0.274. The minimum atomic E-state index is -0.503. The van der Waals surface area contributed by atoms with Crippen LogP contribution in [-0.4, -0.2) is 72.4 Å². The molecule has 1 saturated carbocycles. The van der Waals surface area contributed by atoms with Gasteiger partial charge in [0.15, 0.2) is 0 Å². The van der Waals surface area contributed by atoms with Gasteiger partial charge in [-0.05, 0) is 70.2 Å². The number of anilines is 2. The zero-order valence-corrected chi connectivity index (χ0v) is 24.7. The first kappa shape index (κ1) is 28.1. The lowest BCUT2D eigenvalue weighted by Crippen LogP contribution is -2.50. The number of benzene rings is 1. The first-order chi connectivity index (χ1) is 20.1. The van der Waals surface area contributed by atoms with Crippen LogP contribution in [0.15, 0.2) is 42.9 Å². The van der Waals surface area contributed by atoms with Gasteiger partial charge in [-0.3, -0.25) is 9.58 Å². The molecule has 1 aliphatic heterocycles. The smallest absolute Gasteiger partial charge is 0.410 e. The number of imidazole rings is 1. The second-order valence-electron chi connectivity index (χ2n) is 12.5. The third-order valence-corrected chi connectivity index (χ3v) is 8.21. The number of hydrogen-bond acceptors (Lipinski definition) is 7. The molecule has 42 heavy (non-hydrogen) atoms. The molecule has 1 amide bonds. The summed E-state index contributed by atoms with van der Waals surface area (Å²) < 4.78 is 22.5. The van der Waals surface area contributed by atoms with E-state index in [1.807, 2.05) is 43.8 Å². The zero-order valence-electron chi connectivity index (χ0n) is 24.7. The Kier molecular flexibility index (Phi) is 7.61. The molecule has 1 aliphatic carbocycles. The van der Waals surface area contributed by atoms with Crippen molar-refractivity contribution in [2.24, 2.45) is 5.92 Å². The molecule has 2 fully saturated rings. The van der Waals surface area contributed by atoms with Crippen LogP contribution in [0.1, 0.15) is 58.6 Å². The molecule has 2 N–H and O–H groups in total. The molecule has 4 heterocycles. The maximum absolute atomic E-state index is 15.1. The molecule has 10 nitrogen and oxygen atoms in total. The Morgan fingerprint density at radius 2 is 1.98 bits per heavy atom. The number of fused-ring (bicyclic) bond motifs is 1. The van der Waals surface area contributed by atoms with Gasteiger partial charge in [0.1, 0.15) is 17.2 Å². The van der Waals surface area contributed by atoms with Gasteiger partial charge in [-0.25, -0.2) is 19.2 Å². The van der Waals surface area contributed by atoms with Gasteiger partial charge in [-0.2, -0.15) is 5.10 Å². The van der Waals surface area contributed by atoms with Crippen LogP contribution in [-0.2, 0) is 11.3 Å².